The van der Waals surface area contributed by atoms with Gasteiger partial charge in [0.25, 0.3) is 5.91 Å². The van der Waals surface area contributed by atoms with E-state index < -0.39 is 5.92 Å². The summed E-state index contributed by atoms with van der Waals surface area (Å²) >= 11 is 6.05. The third-order valence-electron chi connectivity index (χ3n) is 6.56. The maximum absolute atomic E-state index is 13.7. The van der Waals surface area contributed by atoms with Crippen molar-refractivity contribution in [3.05, 3.63) is 82.1 Å². The number of unbranched alkanes of at least 4 members (excludes halogenated alkanes) is 1. The Morgan fingerprint density at radius 3 is 2.61 bits per heavy atom. The molecule has 1 atom stereocenters. The lowest BCUT2D eigenvalue weighted by Gasteiger charge is -2.15. The lowest BCUT2D eigenvalue weighted by atomic mass is 9.91. The highest BCUT2D eigenvalue weighted by Gasteiger charge is 2.37. The first-order valence-electron chi connectivity index (χ1n) is 12.8. The molecule has 1 aliphatic carbocycles. The van der Waals surface area contributed by atoms with E-state index in [1.807, 2.05) is 32.9 Å². The molecule has 0 spiro atoms. The number of aromatic nitrogens is 3. The third kappa shape index (κ3) is 6.19. The number of pyridine rings is 1. The van der Waals surface area contributed by atoms with E-state index in [1.54, 1.807) is 41.5 Å². The quantitative estimate of drug-likeness (QED) is 0.350. The van der Waals surface area contributed by atoms with Gasteiger partial charge in [0.1, 0.15) is 11.5 Å². The smallest absolute Gasteiger partial charge is 0.310 e. The summed E-state index contributed by atoms with van der Waals surface area (Å²) in [6.45, 7) is 6.16. The van der Waals surface area contributed by atoms with Gasteiger partial charge >= 0.3 is 5.97 Å². The molecule has 2 heterocycles. The number of nitrogens with zero attached hydrogens (tertiary/aromatic N) is 3. The normalized spacial score (nSPS) is 15.2. The van der Waals surface area contributed by atoms with E-state index in [0.29, 0.717) is 47.9 Å². The minimum atomic E-state index is -0.411. The van der Waals surface area contributed by atoms with Gasteiger partial charge in [-0.05, 0) is 67.6 Å². The van der Waals surface area contributed by atoms with E-state index in [4.69, 9.17) is 16.3 Å². The Morgan fingerprint density at radius 2 is 1.97 bits per heavy atom. The number of nitrogens with one attached hydrogen (secondary N) is 1. The molecule has 3 aromatic rings. The minimum absolute atomic E-state index is 0.0866. The number of aryl methyl sites for hydroxylation is 2. The molecule has 0 radical (unpaired) electrons. The lowest BCUT2D eigenvalue weighted by Crippen LogP contribution is -2.27. The zero-order valence-electron chi connectivity index (χ0n) is 21.8. The van der Waals surface area contributed by atoms with Crippen molar-refractivity contribution < 1.29 is 19.1 Å². The molecule has 1 N–H and O–H groups in total. The Labute approximate surface area is 227 Å². The average Bonchev–Trinajstić information content (AvgIpc) is 3.46. The molecule has 1 aliphatic rings. The predicted molar refractivity (Wildman–Crippen MR) is 145 cm³/mol. The molecule has 0 aliphatic heterocycles. The Balaban J connectivity index is 1.58. The number of halogens is 1. The van der Waals surface area contributed by atoms with Crippen molar-refractivity contribution in [3.63, 3.8) is 0 Å². The Bertz CT molecular complexity index is 1360. The second kappa shape index (κ2) is 12.2. The molecule has 1 amide bonds. The van der Waals surface area contributed by atoms with Crippen LogP contribution >= 0.6 is 11.6 Å². The van der Waals surface area contributed by atoms with Gasteiger partial charge in [-0.25, -0.2) is 4.68 Å². The van der Waals surface area contributed by atoms with Crippen molar-refractivity contribution in [2.24, 2.45) is 5.92 Å². The number of carbonyl (C=O) groups is 3. The van der Waals surface area contributed by atoms with E-state index >= 15 is 0 Å². The maximum Gasteiger partial charge on any atom is 0.310 e. The highest BCUT2D eigenvalue weighted by atomic mass is 35.5. The van der Waals surface area contributed by atoms with Gasteiger partial charge in [-0.15, -0.1) is 0 Å². The van der Waals surface area contributed by atoms with Crippen LogP contribution in [0.5, 0.6) is 0 Å². The lowest BCUT2D eigenvalue weighted by molar-refractivity contribution is -0.139. The van der Waals surface area contributed by atoms with Crippen LogP contribution in [0.15, 0.2) is 54.7 Å². The fraction of sp³-hybridized carbons (Fsp3) is 0.345. The summed E-state index contributed by atoms with van der Waals surface area (Å²) in [4.78, 5) is 42.7. The molecular formula is C29H31ClN4O4. The molecule has 0 fully saturated rings. The van der Waals surface area contributed by atoms with Crippen molar-refractivity contribution >= 4 is 34.8 Å². The largest absolute Gasteiger partial charge is 0.430 e. The van der Waals surface area contributed by atoms with Gasteiger partial charge in [0.15, 0.2) is 5.78 Å². The van der Waals surface area contributed by atoms with Gasteiger partial charge in [-0.3, -0.25) is 19.4 Å². The van der Waals surface area contributed by atoms with Crippen LogP contribution in [-0.2, 0) is 14.3 Å². The standard InChI is InChI=1S/C29H31ClN4O4/c1-4-5-9-25(35)38-24-15-20(10-12-32-29(37)23-8-6-7-11-31-23)28(36)27(24)26-18(2)13-22(14-19(26)3)34-17-21(30)16-33-34/h6-8,11,13-14,16-17,20H,4-5,9-10,12,15H2,1-3H3,(H,32,37). The van der Waals surface area contributed by atoms with Gasteiger partial charge < -0.3 is 10.1 Å². The molecule has 4 rings (SSSR count). The molecule has 38 heavy (non-hydrogen) atoms. The first-order chi connectivity index (χ1) is 18.3. The number of Topliss-reactive ketones (excluding diaryl/α,β-unsaturated/α-hetero) is 1. The number of hydrogen-bond acceptors (Lipinski definition) is 6. The van der Waals surface area contributed by atoms with Gasteiger partial charge in [0.05, 0.1) is 22.5 Å². The fourth-order valence-electron chi connectivity index (χ4n) is 4.71. The molecule has 198 valence electrons. The van der Waals surface area contributed by atoms with Crippen molar-refractivity contribution in [3.8, 4) is 5.69 Å². The van der Waals surface area contributed by atoms with Crippen LogP contribution in [-0.4, -0.2) is 39.0 Å². The number of ketones is 1. The van der Waals surface area contributed by atoms with E-state index in [1.165, 1.54) is 0 Å². The van der Waals surface area contributed by atoms with Gasteiger partial charge in [0.2, 0.25) is 0 Å². The first-order valence-corrected chi connectivity index (χ1v) is 13.2. The average molecular weight is 535 g/mol. The molecule has 1 aromatic carbocycles. The molecule has 9 heteroatoms. The highest BCUT2D eigenvalue weighted by Crippen LogP contribution is 2.40. The number of allylic oxidation sites excluding steroid dienone is 2. The second-order valence-electron chi connectivity index (χ2n) is 9.46. The third-order valence-corrected chi connectivity index (χ3v) is 6.75. The van der Waals surface area contributed by atoms with Crippen LogP contribution in [0.1, 0.15) is 66.2 Å². The number of hydrogen-bond donors (Lipinski definition) is 1. The van der Waals surface area contributed by atoms with Crippen LogP contribution in [0.4, 0.5) is 0 Å². The zero-order chi connectivity index (χ0) is 27.2. The second-order valence-corrected chi connectivity index (χ2v) is 9.89. The number of ether oxygens (including phenoxy) is 1. The summed E-state index contributed by atoms with van der Waals surface area (Å²) in [5.41, 5.74) is 4.06. The Morgan fingerprint density at radius 1 is 1.21 bits per heavy atom. The van der Waals surface area contributed by atoms with Crippen LogP contribution in [0.2, 0.25) is 5.02 Å². The molecule has 0 bridgehead atoms. The van der Waals surface area contributed by atoms with Crippen molar-refractivity contribution in [1.82, 2.24) is 20.1 Å². The minimum Gasteiger partial charge on any atom is -0.430 e. The number of rotatable bonds is 10. The molecule has 1 unspecified atom stereocenters. The van der Waals surface area contributed by atoms with E-state index in [-0.39, 0.29) is 17.7 Å². The van der Waals surface area contributed by atoms with E-state index in [9.17, 15) is 14.4 Å². The SMILES string of the molecule is CCCCC(=O)OC1=C(c2c(C)cc(-n3cc(Cl)cn3)cc2C)C(=O)C(CCNC(=O)c2ccccn2)C1. The van der Waals surface area contributed by atoms with Crippen LogP contribution in [0, 0.1) is 19.8 Å². The van der Waals surface area contributed by atoms with E-state index in [0.717, 1.165) is 35.2 Å². The van der Waals surface area contributed by atoms with Crippen molar-refractivity contribution in [2.75, 3.05) is 6.54 Å². The highest BCUT2D eigenvalue weighted by molar-refractivity contribution is 6.30. The number of carbonyl (C=O) groups excluding carboxylic acids is 3. The van der Waals surface area contributed by atoms with E-state index in [2.05, 4.69) is 15.4 Å². The molecule has 2 aromatic heterocycles. The zero-order valence-corrected chi connectivity index (χ0v) is 22.5. The summed E-state index contributed by atoms with van der Waals surface area (Å²) in [5, 5.41) is 7.63. The van der Waals surface area contributed by atoms with Gasteiger partial charge in [-0.2, -0.15) is 5.10 Å². The number of benzene rings is 1. The number of esters is 1. The summed E-state index contributed by atoms with van der Waals surface area (Å²) < 4.78 is 7.47. The molecule has 0 saturated carbocycles. The van der Waals surface area contributed by atoms with Crippen molar-refractivity contribution in [1.29, 1.82) is 0 Å². The van der Waals surface area contributed by atoms with Crippen molar-refractivity contribution in [2.45, 2.75) is 52.9 Å². The van der Waals surface area contributed by atoms with Crippen LogP contribution in [0.3, 0.4) is 0 Å². The summed E-state index contributed by atoms with van der Waals surface area (Å²) in [5.74, 6) is -0.730. The fourth-order valence-corrected chi connectivity index (χ4v) is 4.85. The topological polar surface area (TPSA) is 103 Å². The maximum atomic E-state index is 13.7. The van der Waals surface area contributed by atoms with Gasteiger partial charge in [-0.1, -0.05) is 31.0 Å². The van der Waals surface area contributed by atoms with Crippen LogP contribution in [0.25, 0.3) is 11.3 Å². The predicted octanol–water partition coefficient (Wildman–Crippen LogP) is 5.39. The molecular weight excluding hydrogens is 504 g/mol. The molecule has 0 saturated heterocycles. The van der Waals surface area contributed by atoms with Crippen LogP contribution < -0.4 is 5.32 Å². The summed E-state index contributed by atoms with van der Waals surface area (Å²) in [6, 6.07) is 8.99. The first kappa shape index (κ1) is 27.3. The Kier molecular flexibility index (Phi) is 8.73. The van der Waals surface area contributed by atoms with Gasteiger partial charge in [0, 0.05) is 37.7 Å². The number of amides is 1. The Hall–Kier alpha value is -3.78. The summed E-state index contributed by atoms with van der Waals surface area (Å²) in [6.07, 6.45) is 7.44. The summed E-state index contributed by atoms with van der Waals surface area (Å²) in [7, 11) is 0. The molecule has 8 nitrogen and oxygen atoms in total. The monoisotopic (exact) mass is 534 g/mol.